The SMILES string of the molecule is C=C(C)CN(CC)C(=O)COC(=O)c1ccc(OCCCC)cc1. The lowest BCUT2D eigenvalue weighted by molar-refractivity contribution is -0.133. The van der Waals surface area contributed by atoms with Crippen LogP contribution in [0.3, 0.4) is 0 Å². The molecule has 0 aliphatic carbocycles. The highest BCUT2D eigenvalue weighted by Gasteiger charge is 2.15. The van der Waals surface area contributed by atoms with Crippen molar-refractivity contribution in [2.75, 3.05) is 26.3 Å². The van der Waals surface area contributed by atoms with Crippen LogP contribution in [0.1, 0.15) is 44.0 Å². The van der Waals surface area contributed by atoms with Crippen LogP contribution in [0.25, 0.3) is 0 Å². The van der Waals surface area contributed by atoms with Crippen molar-refractivity contribution in [3.05, 3.63) is 42.0 Å². The molecule has 0 fully saturated rings. The van der Waals surface area contributed by atoms with Gasteiger partial charge in [0.05, 0.1) is 12.2 Å². The highest BCUT2D eigenvalue weighted by molar-refractivity contribution is 5.91. The molecule has 0 aromatic heterocycles. The molecule has 0 spiro atoms. The van der Waals surface area contributed by atoms with E-state index in [2.05, 4.69) is 13.5 Å². The summed E-state index contributed by atoms with van der Waals surface area (Å²) in [5.74, 6) is -0.0297. The first-order valence-electron chi connectivity index (χ1n) is 8.30. The summed E-state index contributed by atoms with van der Waals surface area (Å²) in [4.78, 5) is 25.6. The number of likely N-dealkylation sites (N-methyl/N-ethyl adjacent to an activating group) is 1. The monoisotopic (exact) mass is 333 g/mol. The third-order valence-electron chi connectivity index (χ3n) is 3.38. The van der Waals surface area contributed by atoms with Gasteiger partial charge in [-0.1, -0.05) is 25.5 Å². The van der Waals surface area contributed by atoms with Crippen molar-refractivity contribution in [1.82, 2.24) is 4.90 Å². The molecule has 0 N–H and O–H groups in total. The lowest BCUT2D eigenvalue weighted by Gasteiger charge is -2.20. The standard InChI is InChI=1S/C19H27NO4/c1-5-7-12-23-17-10-8-16(9-11-17)19(22)24-14-18(21)20(6-2)13-15(3)4/h8-11H,3,5-7,12-14H2,1-2,4H3. The zero-order valence-electron chi connectivity index (χ0n) is 14.8. The maximum atomic E-state index is 12.0. The average Bonchev–Trinajstić information content (AvgIpc) is 2.58. The summed E-state index contributed by atoms with van der Waals surface area (Å²) in [7, 11) is 0. The number of ether oxygens (including phenoxy) is 2. The minimum absolute atomic E-state index is 0.228. The van der Waals surface area contributed by atoms with Crippen molar-refractivity contribution in [1.29, 1.82) is 0 Å². The summed E-state index contributed by atoms with van der Waals surface area (Å²) in [6, 6.07) is 6.74. The lowest BCUT2D eigenvalue weighted by atomic mass is 10.2. The number of hydrogen-bond donors (Lipinski definition) is 0. The van der Waals surface area contributed by atoms with Crippen molar-refractivity contribution in [3.8, 4) is 5.75 Å². The molecule has 5 nitrogen and oxygen atoms in total. The average molecular weight is 333 g/mol. The van der Waals surface area contributed by atoms with Crippen LogP contribution in [-0.4, -0.2) is 43.1 Å². The Bertz CT molecular complexity index is 551. The van der Waals surface area contributed by atoms with E-state index in [4.69, 9.17) is 9.47 Å². The zero-order chi connectivity index (χ0) is 17.9. The molecule has 0 heterocycles. The number of unbranched alkanes of at least 4 members (excludes halogenated alkanes) is 1. The van der Waals surface area contributed by atoms with Gasteiger partial charge in [0.2, 0.25) is 0 Å². The fourth-order valence-corrected chi connectivity index (χ4v) is 2.03. The van der Waals surface area contributed by atoms with Gasteiger partial charge in [-0.2, -0.15) is 0 Å². The summed E-state index contributed by atoms with van der Waals surface area (Å²) < 4.78 is 10.6. The number of hydrogen-bond acceptors (Lipinski definition) is 4. The van der Waals surface area contributed by atoms with Crippen molar-refractivity contribution >= 4 is 11.9 Å². The number of esters is 1. The van der Waals surface area contributed by atoms with Gasteiger partial charge in [0.15, 0.2) is 6.61 Å². The Kier molecular flexibility index (Phi) is 8.61. The Morgan fingerprint density at radius 3 is 2.38 bits per heavy atom. The molecule has 24 heavy (non-hydrogen) atoms. The van der Waals surface area contributed by atoms with E-state index in [0.717, 1.165) is 24.2 Å². The first-order chi connectivity index (χ1) is 11.5. The van der Waals surface area contributed by atoms with Crippen molar-refractivity contribution in [3.63, 3.8) is 0 Å². The van der Waals surface area contributed by atoms with Crippen LogP contribution in [-0.2, 0) is 9.53 Å². The van der Waals surface area contributed by atoms with Crippen LogP contribution in [0.2, 0.25) is 0 Å². The number of carbonyl (C=O) groups is 2. The van der Waals surface area contributed by atoms with E-state index in [0.29, 0.717) is 25.3 Å². The van der Waals surface area contributed by atoms with Crippen LogP contribution in [0.15, 0.2) is 36.4 Å². The molecule has 1 rings (SSSR count). The second-order valence-corrected chi connectivity index (χ2v) is 5.67. The molecule has 1 amide bonds. The van der Waals surface area contributed by atoms with Crippen LogP contribution in [0, 0.1) is 0 Å². The molecule has 1 aromatic rings. The second kappa shape index (κ2) is 10.5. The third-order valence-corrected chi connectivity index (χ3v) is 3.38. The number of benzene rings is 1. The van der Waals surface area contributed by atoms with E-state index >= 15 is 0 Å². The molecule has 0 atom stereocenters. The second-order valence-electron chi connectivity index (χ2n) is 5.67. The van der Waals surface area contributed by atoms with Gasteiger partial charge in [0, 0.05) is 13.1 Å². The summed E-state index contributed by atoms with van der Waals surface area (Å²) in [5.41, 5.74) is 1.28. The molecular weight excluding hydrogens is 306 g/mol. The Balaban J connectivity index is 2.49. The molecule has 5 heteroatoms. The lowest BCUT2D eigenvalue weighted by Crippen LogP contribution is -2.35. The normalized spacial score (nSPS) is 10.1. The molecule has 0 saturated heterocycles. The number of nitrogens with zero attached hydrogens (tertiary/aromatic N) is 1. The Hall–Kier alpha value is -2.30. The third kappa shape index (κ3) is 6.86. The number of amides is 1. The van der Waals surface area contributed by atoms with E-state index in [-0.39, 0.29) is 12.5 Å². The van der Waals surface area contributed by atoms with Crippen LogP contribution in [0.4, 0.5) is 0 Å². The molecule has 132 valence electrons. The molecule has 0 unspecified atom stereocenters. The van der Waals surface area contributed by atoms with Gasteiger partial charge in [-0.15, -0.1) is 0 Å². The maximum absolute atomic E-state index is 12.0. The highest BCUT2D eigenvalue weighted by atomic mass is 16.5. The van der Waals surface area contributed by atoms with E-state index in [1.165, 1.54) is 0 Å². The summed E-state index contributed by atoms with van der Waals surface area (Å²) >= 11 is 0. The Morgan fingerprint density at radius 2 is 1.83 bits per heavy atom. The van der Waals surface area contributed by atoms with Gasteiger partial charge in [-0.05, 0) is 44.5 Å². The molecule has 0 aliphatic heterocycles. The van der Waals surface area contributed by atoms with E-state index in [9.17, 15) is 9.59 Å². The zero-order valence-corrected chi connectivity index (χ0v) is 14.8. The fraction of sp³-hybridized carbons (Fsp3) is 0.474. The summed E-state index contributed by atoms with van der Waals surface area (Å²) in [6.45, 7) is 11.0. The maximum Gasteiger partial charge on any atom is 0.338 e. The quantitative estimate of drug-likeness (QED) is 0.374. The Morgan fingerprint density at radius 1 is 1.17 bits per heavy atom. The van der Waals surface area contributed by atoms with E-state index < -0.39 is 5.97 Å². The van der Waals surface area contributed by atoms with E-state index in [1.807, 2.05) is 13.8 Å². The number of rotatable bonds is 10. The topological polar surface area (TPSA) is 55.8 Å². The van der Waals surface area contributed by atoms with Crippen molar-refractivity contribution in [2.24, 2.45) is 0 Å². The van der Waals surface area contributed by atoms with E-state index in [1.54, 1.807) is 29.2 Å². The smallest absolute Gasteiger partial charge is 0.338 e. The largest absolute Gasteiger partial charge is 0.494 e. The van der Waals surface area contributed by atoms with Crippen molar-refractivity contribution < 1.29 is 19.1 Å². The van der Waals surface area contributed by atoms with Gasteiger partial charge in [0.1, 0.15) is 5.75 Å². The predicted octanol–water partition coefficient (Wildman–Crippen LogP) is 3.45. The van der Waals surface area contributed by atoms with Crippen LogP contribution in [0.5, 0.6) is 5.75 Å². The molecule has 0 bridgehead atoms. The van der Waals surface area contributed by atoms with Crippen LogP contribution < -0.4 is 4.74 Å². The van der Waals surface area contributed by atoms with Crippen molar-refractivity contribution in [2.45, 2.75) is 33.6 Å². The molecular formula is C19H27NO4. The first-order valence-corrected chi connectivity index (χ1v) is 8.30. The van der Waals surface area contributed by atoms with Gasteiger partial charge >= 0.3 is 5.97 Å². The molecule has 0 radical (unpaired) electrons. The first kappa shape index (κ1) is 19.7. The van der Waals surface area contributed by atoms with Gasteiger partial charge in [-0.25, -0.2) is 4.79 Å². The van der Waals surface area contributed by atoms with Gasteiger partial charge in [-0.3, -0.25) is 4.79 Å². The molecule has 0 saturated carbocycles. The highest BCUT2D eigenvalue weighted by Crippen LogP contribution is 2.13. The Labute approximate surface area is 144 Å². The summed E-state index contributed by atoms with van der Waals surface area (Å²) in [5, 5.41) is 0. The van der Waals surface area contributed by atoms with Crippen LogP contribution >= 0.6 is 0 Å². The molecule has 1 aromatic carbocycles. The predicted molar refractivity (Wildman–Crippen MR) is 94.2 cm³/mol. The van der Waals surface area contributed by atoms with Gasteiger partial charge < -0.3 is 14.4 Å². The molecule has 0 aliphatic rings. The summed E-state index contributed by atoms with van der Waals surface area (Å²) in [6.07, 6.45) is 2.06. The minimum Gasteiger partial charge on any atom is -0.494 e. The van der Waals surface area contributed by atoms with Gasteiger partial charge in [0.25, 0.3) is 5.91 Å². The fourth-order valence-electron chi connectivity index (χ4n) is 2.03. The minimum atomic E-state index is -0.519. The number of carbonyl (C=O) groups excluding carboxylic acids is 2.